The normalized spacial score (nSPS) is 11.4. The Kier molecular flexibility index (Phi) is 6.67. The maximum Gasteiger partial charge on any atom is 0.230 e. The van der Waals surface area contributed by atoms with Crippen molar-refractivity contribution in [1.82, 2.24) is 19.9 Å². The zero-order valence-corrected chi connectivity index (χ0v) is 17.2. The van der Waals surface area contributed by atoms with Crippen molar-refractivity contribution in [3.8, 4) is 0 Å². The highest BCUT2D eigenvalue weighted by Crippen LogP contribution is 2.17. The molecule has 1 amide bonds. The molecule has 3 aromatic rings. The number of nitrogens with zero attached hydrogens (tertiary/aromatic N) is 4. The number of carbonyl (C=O) groups excluding carboxylic acids is 1. The monoisotopic (exact) mass is 389 g/mol. The molecule has 3 heterocycles. The van der Waals surface area contributed by atoms with E-state index in [0.29, 0.717) is 25.5 Å². The summed E-state index contributed by atoms with van der Waals surface area (Å²) < 4.78 is 0. The Bertz CT molecular complexity index is 881. The molecule has 0 unspecified atom stereocenters. The highest BCUT2D eigenvalue weighted by molar-refractivity contribution is 5.93. The van der Waals surface area contributed by atoms with Crippen molar-refractivity contribution < 1.29 is 4.79 Å². The minimum Gasteiger partial charge on any atom is -0.310 e. The van der Waals surface area contributed by atoms with Gasteiger partial charge in [0, 0.05) is 37.4 Å². The molecule has 0 aliphatic heterocycles. The molecule has 0 aromatic carbocycles. The van der Waals surface area contributed by atoms with Crippen LogP contribution in [0.5, 0.6) is 0 Å². The van der Waals surface area contributed by atoms with E-state index in [9.17, 15) is 4.79 Å². The zero-order valence-electron chi connectivity index (χ0n) is 17.2. The molecule has 6 heteroatoms. The molecular formula is C23H27N5O. The minimum absolute atomic E-state index is 0.0547. The SMILES string of the molecule is CC(C)(C)C(=O)Nc1cccc(CN(Cc2ccccn2)Cc2ccccn2)n1. The molecule has 0 aliphatic rings. The molecule has 150 valence electrons. The van der Waals surface area contributed by atoms with Crippen molar-refractivity contribution >= 4 is 11.7 Å². The summed E-state index contributed by atoms with van der Waals surface area (Å²) in [5.41, 5.74) is 2.38. The third kappa shape index (κ3) is 6.47. The number of hydrogen-bond donors (Lipinski definition) is 1. The molecule has 0 aliphatic carbocycles. The molecule has 0 spiro atoms. The van der Waals surface area contributed by atoms with Gasteiger partial charge in [-0.1, -0.05) is 39.0 Å². The first-order valence-corrected chi connectivity index (χ1v) is 9.70. The fraction of sp³-hybridized carbons (Fsp3) is 0.304. The van der Waals surface area contributed by atoms with Gasteiger partial charge in [0.15, 0.2) is 0 Å². The van der Waals surface area contributed by atoms with Crippen LogP contribution in [0.15, 0.2) is 67.0 Å². The lowest BCUT2D eigenvalue weighted by Crippen LogP contribution is -2.28. The summed E-state index contributed by atoms with van der Waals surface area (Å²) in [6, 6.07) is 17.5. The maximum atomic E-state index is 12.3. The zero-order chi connectivity index (χ0) is 20.7. The van der Waals surface area contributed by atoms with Gasteiger partial charge in [-0.25, -0.2) is 4.98 Å². The third-order valence-corrected chi connectivity index (χ3v) is 4.34. The van der Waals surface area contributed by atoms with Crippen LogP contribution in [0.25, 0.3) is 0 Å². The number of amides is 1. The maximum absolute atomic E-state index is 12.3. The van der Waals surface area contributed by atoms with E-state index < -0.39 is 5.41 Å². The van der Waals surface area contributed by atoms with Crippen molar-refractivity contribution in [1.29, 1.82) is 0 Å². The third-order valence-electron chi connectivity index (χ3n) is 4.34. The highest BCUT2D eigenvalue weighted by Gasteiger charge is 2.21. The van der Waals surface area contributed by atoms with Crippen LogP contribution >= 0.6 is 0 Å². The predicted octanol–water partition coefficient (Wildman–Crippen LogP) is 4.06. The largest absolute Gasteiger partial charge is 0.310 e. The smallest absolute Gasteiger partial charge is 0.230 e. The van der Waals surface area contributed by atoms with Gasteiger partial charge in [-0.15, -0.1) is 0 Å². The molecular weight excluding hydrogens is 362 g/mol. The average molecular weight is 390 g/mol. The predicted molar refractivity (Wildman–Crippen MR) is 114 cm³/mol. The van der Waals surface area contributed by atoms with Crippen molar-refractivity contribution in [2.75, 3.05) is 5.32 Å². The van der Waals surface area contributed by atoms with Gasteiger partial charge >= 0.3 is 0 Å². The van der Waals surface area contributed by atoms with Crippen molar-refractivity contribution in [3.63, 3.8) is 0 Å². The first-order valence-electron chi connectivity index (χ1n) is 9.70. The lowest BCUT2D eigenvalue weighted by molar-refractivity contribution is -0.123. The summed E-state index contributed by atoms with van der Waals surface area (Å²) in [5.74, 6) is 0.513. The van der Waals surface area contributed by atoms with Gasteiger partial charge in [0.25, 0.3) is 0 Å². The Labute approximate surface area is 172 Å². The van der Waals surface area contributed by atoms with E-state index in [-0.39, 0.29) is 5.91 Å². The standard InChI is InChI=1S/C23H27N5O/c1-23(2,3)22(29)27-21-12-8-11-20(26-21)17-28(15-18-9-4-6-13-24-18)16-19-10-5-7-14-25-19/h4-14H,15-17H2,1-3H3,(H,26,27,29). The second kappa shape index (κ2) is 9.39. The summed E-state index contributed by atoms with van der Waals surface area (Å²) in [5, 5.41) is 2.90. The van der Waals surface area contributed by atoms with Crippen LogP contribution < -0.4 is 5.32 Å². The molecule has 29 heavy (non-hydrogen) atoms. The van der Waals surface area contributed by atoms with E-state index in [0.717, 1.165) is 17.1 Å². The molecule has 3 aromatic heterocycles. The molecule has 1 N–H and O–H groups in total. The van der Waals surface area contributed by atoms with Crippen LogP contribution in [0.2, 0.25) is 0 Å². The number of rotatable bonds is 7. The quantitative estimate of drug-likeness (QED) is 0.660. The van der Waals surface area contributed by atoms with Gasteiger partial charge in [-0.05, 0) is 36.4 Å². The van der Waals surface area contributed by atoms with Gasteiger partial charge < -0.3 is 5.32 Å². The summed E-state index contributed by atoms with van der Waals surface area (Å²) in [6.45, 7) is 7.62. The molecule has 6 nitrogen and oxygen atoms in total. The van der Waals surface area contributed by atoms with Crippen LogP contribution in [0.1, 0.15) is 37.9 Å². The summed E-state index contributed by atoms with van der Waals surface area (Å²) in [7, 11) is 0. The van der Waals surface area contributed by atoms with Gasteiger partial charge in [-0.3, -0.25) is 19.7 Å². The first kappa shape index (κ1) is 20.6. The number of pyridine rings is 3. The van der Waals surface area contributed by atoms with Crippen LogP contribution in [-0.4, -0.2) is 25.8 Å². The van der Waals surface area contributed by atoms with Crippen molar-refractivity contribution in [2.24, 2.45) is 5.41 Å². The Balaban J connectivity index is 1.76. The molecule has 3 rings (SSSR count). The molecule has 0 bridgehead atoms. The number of hydrogen-bond acceptors (Lipinski definition) is 5. The lowest BCUT2D eigenvalue weighted by atomic mass is 9.96. The second-order valence-corrected chi connectivity index (χ2v) is 8.01. The lowest BCUT2D eigenvalue weighted by Gasteiger charge is -2.22. The van der Waals surface area contributed by atoms with Gasteiger partial charge in [-0.2, -0.15) is 0 Å². The number of aromatic nitrogens is 3. The molecule has 0 atom stereocenters. The highest BCUT2D eigenvalue weighted by atomic mass is 16.2. The topological polar surface area (TPSA) is 71.0 Å². The Morgan fingerprint density at radius 3 is 1.90 bits per heavy atom. The van der Waals surface area contributed by atoms with Crippen LogP contribution in [-0.2, 0) is 24.4 Å². The Morgan fingerprint density at radius 1 is 0.828 bits per heavy atom. The Morgan fingerprint density at radius 2 is 1.38 bits per heavy atom. The summed E-state index contributed by atoms with van der Waals surface area (Å²) in [6.07, 6.45) is 3.60. The van der Waals surface area contributed by atoms with E-state index >= 15 is 0 Å². The van der Waals surface area contributed by atoms with E-state index in [4.69, 9.17) is 0 Å². The average Bonchev–Trinajstić information content (AvgIpc) is 2.69. The van der Waals surface area contributed by atoms with Crippen LogP contribution in [0.3, 0.4) is 0 Å². The number of carbonyl (C=O) groups is 1. The second-order valence-electron chi connectivity index (χ2n) is 8.01. The van der Waals surface area contributed by atoms with E-state index in [2.05, 4.69) is 25.2 Å². The van der Waals surface area contributed by atoms with Crippen LogP contribution in [0, 0.1) is 5.41 Å². The van der Waals surface area contributed by atoms with E-state index in [1.807, 2.05) is 75.4 Å². The fourth-order valence-corrected chi connectivity index (χ4v) is 2.78. The van der Waals surface area contributed by atoms with Gasteiger partial charge in [0.2, 0.25) is 5.91 Å². The minimum atomic E-state index is -0.471. The van der Waals surface area contributed by atoms with Crippen molar-refractivity contribution in [3.05, 3.63) is 84.1 Å². The summed E-state index contributed by atoms with van der Waals surface area (Å²) >= 11 is 0. The van der Waals surface area contributed by atoms with Gasteiger partial charge in [0.1, 0.15) is 5.82 Å². The van der Waals surface area contributed by atoms with Crippen LogP contribution in [0.4, 0.5) is 5.82 Å². The number of anilines is 1. The Hall–Kier alpha value is -3.12. The van der Waals surface area contributed by atoms with Gasteiger partial charge in [0.05, 0.1) is 17.1 Å². The fourth-order valence-electron chi connectivity index (χ4n) is 2.78. The van der Waals surface area contributed by atoms with E-state index in [1.165, 1.54) is 0 Å². The first-order chi connectivity index (χ1) is 13.9. The molecule has 0 radical (unpaired) electrons. The molecule has 0 saturated carbocycles. The van der Waals surface area contributed by atoms with Crippen molar-refractivity contribution in [2.45, 2.75) is 40.4 Å². The summed E-state index contributed by atoms with van der Waals surface area (Å²) in [4.78, 5) is 28.0. The number of nitrogens with one attached hydrogen (secondary N) is 1. The van der Waals surface area contributed by atoms with E-state index in [1.54, 1.807) is 12.4 Å². The molecule has 0 fully saturated rings. The molecule has 0 saturated heterocycles.